The molecule has 0 atom stereocenters. The van der Waals surface area contributed by atoms with Crippen molar-refractivity contribution in [3.05, 3.63) is 29.6 Å². The monoisotopic (exact) mass is 319 g/mol. The lowest BCUT2D eigenvalue weighted by molar-refractivity contribution is -0.114. The molecule has 6 heteroatoms. The number of carbonyl (C=O) groups excluding carboxylic acids is 1. The van der Waals surface area contributed by atoms with Crippen molar-refractivity contribution in [2.75, 3.05) is 18.5 Å². The van der Waals surface area contributed by atoms with Crippen LogP contribution in [0, 0.1) is 5.92 Å². The molecule has 1 aromatic carbocycles. The maximum atomic E-state index is 11.2. The Kier molecular flexibility index (Phi) is 5.91. The van der Waals surface area contributed by atoms with Gasteiger partial charge >= 0.3 is 0 Å². The smallest absolute Gasteiger partial charge is 0.239 e. The fourth-order valence-electron chi connectivity index (χ4n) is 1.77. The van der Waals surface area contributed by atoms with E-state index in [0.29, 0.717) is 11.0 Å². The van der Waals surface area contributed by atoms with E-state index in [9.17, 15) is 4.79 Å². The largest absolute Gasteiger partial charge is 0.494 e. The highest BCUT2D eigenvalue weighted by Crippen LogP contribution is 2.26. The minimum atomic E-state index is -0.241. The number of aromatic nitrogens is 1. The van der Waals surface area contributed by atoms with Crippen molar-refractivity contribution < 1.29 is 9.53 Å². The molecule has 5 nitrogen and oxygen atoms in total. The number of rotatable bonds is 7. The number of nitrogens with zero attached hydrogens (tertiary/aromatic N) is 1. The van der Waals surface area contributed by atoms with Crippen molar-refractivity contribution in [3.8, 4) is 17.0 Å². The molecule has 0 fully saturated rings. The summed E-state index contributed by atoms with van der Waals surface area (Å²) in [6.45, 7) is 5.03. The van der Waals surface area contributed by atoms with Gasteiger partial charge < -0.3 is 15.8 Å². The number of anilines is 1. The minimum Gasteiger partial charge on any atom is -0.494 e. The van der Waals surface area contributed by atoms with Crippen LogP contribution >= 0.6 is 11.3 Å². The van der Waals surface area contributed by atoms with Crippen LogP contribution in [0.2, 0.25) is 0 Å². The van der Waals surface area contributed by atoms with Gasteiger partial charge in [0, 0.05) is 10.9 Å². The van der Waals surface area contributed by atoms with Gasteiger partial charge in [0.25, 0.3) is 0 Å². The van der Waals surface area contributed by atoms with Gasteiger partial charge in [-0.1, -0.05) is 13.8 Å². The molecule has 0 aliphatic heterocycles. The number of nitrogens with two attached hydrogens (primary N) is 1. The number of ether oxygens (including phenoxy) is 1. The van der Waals surface area contributed by atoms with Gasteiger partial charge in [0.1, 0.15) is 5.75 Å². The second-order valence-electron chi connectivity index (χ2n) is 5.35. The minimum absolute atomic E-state index is 0.0443. The van der Waals surface area contributed by atoms with Gasteiger partial charge in [0.15, 0.2) is 5.13 Å². The number of hydrogen-bond donors (Lipinski definition) is 2. The summed E-state index contributed by atoms with van der Waals surface area (Å²) in [6, 6.07) is 7.81. The molecule has 118 valence electrons. The third-order valence-electron chi connectivity index (χ3n) is 3.05. The van der Waals surface area contributed by atoms with Crippen LogP contribution in [0.1, 0.15) is 20.3 Å². The first-order chi connectivity index (χ1) is 10.6. The number of nitrogens with one attached hydrogen (secondary N) is 1. The molecule has 1 amide bonds. The van der Waals surface area contributed by atoms with Crippen LogP contribution in [0.15, 0.2) is 29.6 Å². The molecule has 3 N–H and O–H groups in total. The van der Waals surface area contributed by atoms with Gasteiger partial charge in [-0.25, -0.2) is 4.98 Å². The standard InChI is InChI=1S/C16H21N3O2S/c1-11(2)7-8-21-13-5-3-12(4-6-13)14-10-22-16(18-14)19-15(20)9-17/h3-6,10-11H,7-9,17H2,1-2H3,(H,18,19,20). The maximum absolute atomic E-state index is 11.2. The van der Waals surface area contributed by atoms with Crippen molar-refractivity contribution in [2.45, 2.75) is 20.3 Å². The van der Waals surface area contributed by atoms with Crippen LogP contribution in [0.3, 0.4) is 0 Å². The summed E-state index contributed by atoms with van der Waals surface area (Å²) in [5, 5.41) is 5.11. The molecule has 0 bridgehead atoms. The molecular formula is C16H21N3O2S. The summed E-state index contributed by atoms with van der Waals surface area (Å²) in [4.78, 5) is 15.6. The molecule has 22 heavy (non-hydrogen) atoms. The lowest BCUT2D eigenvalue weighted by Gasteiger charge is -2.08. The molecule has 0 unspecified atom stereocenters. The Labute approximate surface area is 134 Å². The van der Waals surface area contributed by atoms with Crippen LogP contribution in [0.25, 0.3) is 11.3 Å². The number of thiazole rings is 1. The van der Waals surface area contributed by atoms with Crippen LogP contribution in [0.4, 0.5) is 5.13 Å². The zero-order chi connectivity index (χ0) is 15.9. The van der Waals surface area contributed by atoms with E-state index in [2.05, 4.69) is 24.1 Å². The van der Waals surface area contributed by atoms with Crippen LogP contribution in [0.5, 0.6) is 5.75 Å². The first-order valence-corrected chi connectivity index (χ1v) is 8.15. The van der Waals surface area contributed by atoms with Crippen molar-refractivity contribution in [3.63, 3.8) is 0 Å². The molecule has 2 rings (SSSR count). The fourth-order valence-corrected chi connectivity index (χ4v) is 2.50. The Bertz CT molecular complexity index is 608. The molecule has 0 spiro atoms. The summed E-state index contributed by atoms with van der Waals surface area (Å²) in [6.07, 6.45) is 1.04. The van der Waals surface area contributed by atoms with E-state index < -0.39 is 0 Å². The third-order valence-corrected chi connectivity index (χ3v) is 3.81. The summed E-state index contributed by atoms with van der Waals surface area (Å²) < 4.78 is 5.69. The zero-order valence-corrected chi connectivity index (χ0v) is 13.7. The van der Waals surface area contributed by atoms with Crippen molar-refractivity contribution >= 4 is 22.4 Å². The number of amides is 1. The Balaban J connectivity index is 1.96. The highest BCUT2D eigenvalue weighted by Gasteiger charge is 2.07. The van der Waals surface area contributed by atoms with Gasteiger partial charge in [-0.15, -0.1) is 11.3 Å². The quantitative estimate of drug-likeness (QED) is 0.822. The summed E-state index contributed by atoms with van der Waals surface area (Å²) in [5.74, 6) is 1.25. The average Bonchev–Trinajstić information content (AvgIpc) is 2.96. The van der Waals surface area contributed by atoms with Gasteiger partial charge in [0.05, 0.1) is 18.8 Å². The predicted molar refractivity (Wildman–Crippen MR) is 90.2 cm³/mol. The Morgan fingerprint density at radius 3 is 2.73 bits per heavy atom. The number of hydrogen-bond acceptors (Lipinski definition) is 5. The SMILES string of the molecule is CC(C)CCOc1ccc(-c2csc(NC(=O)CN)n2)cc1. The summed E-state index contributed by atoms with van der Waals surface area (Å²) in [7, 11) is 0. The van der Waals surface area contributed by atoms with E-state index in [0.717, 1.165) is 30.0 Å². The van der Waals surface area contributed by atoms with Crippen LogP contribution < -0.4 is 15.8 Å². The van der Waals surface area contributed by atoms with E-state index in [4.69, 9.17) is 10.5 Å². The van der Waals surface area contributed by atoms with Crippen LogP contribution in [-0.2, 0) is 4.79 Å². The molecule has 0 aliphatic rings. The lowest BCUT2D eigenvalue weighted by Crippen LogP contribution is -2.21. The third kappa shape index (κ3) is 4.82. The molecule has 1 heterocycles. The second-order valence-corrected chi connectivity index (χ2v) is 6.20. The molecule has 0 radical (unpaired) electrons. The lowest BCUT2D eigenvalue weighted by atomic mass is 10.1. The van der Waals surface area contributed by atoms with Crippen molar-refractivity contribution in [2.24, 2.45) is 11.7 Å². The molecule has 2 aromatic rings. The van der Waals surface area contributed by atoms with E-state index in [1.807, 2.05) is 29.6 Å². The Morgan fingerprint density at radius 2 is 2.09 bits per heavy atom. The maximum Gasteiger partial charge on any atom is 0.239 e. The Morgan fingerprint density at radius 1 is 1.36 bits per heavy atom. The first-order valence-electron chi connectivity index (χ1n) is 7.27. The molecule has 1 aromatic heterocycles. The number of carbonyl (C=O) groups is 1. The van der Waals surface area contributed by atoms with Crippen molar-refractivity contribution in [1.82, 2.24) is 4.98 Å². The topological polar surface area (TPSA) is 77.2 Å². The highest BCUT2D eigenvalue weighted by molar-refractivity contribution is 7.14. The average molecular weight is 319 g/mol. The van der Waals surface area contributed by atoms with Crippen molar-refractivity contribution in [1.29, 1.82) is 0 Å². The molecule has 0 saturated heterocycles. The highest BCUT2D eigenvalue weighted by atomic mass is 32.1. The van der Waals surface area contributed by atoms with Gasteiger partial charge in [-0.2, -0.15) is 0 Å². The zero-order valence-electron chi connectivity index (χ0n) is 12.8. The second kappa shape index (κ2) is 7.91. The summed E-state index contributed by atoms with van der Waals surface area (Å²) >= 11 is 1.38. The Hall–Kier alpha value is -1.92. The van der Waals surface area contributed by atoms with Gasteiger partial charge in [0.2, 0.25) is 5.91 Å². The molecule has 0 saturated carbocycles. The van der Waals surface area contributed by atoms with Gasteiger partial charge in [-0.3, -0.25) is 4.79 Å². The fraction of sp³-hybridized carbons (Fsp3) is 0.375. The number of benzene rings is 1. The summed E-state index contributed by atoms with van der Waals surface area (Å²) in [5.41, 5.74) is 7.08. The van der Waals surface area contributed by atoms with Crippen LogP contribution in [-0.4, -0.2) is 24.0 Å². The van der Waals surface area contributed by atoms with Gasteiger partial charge in [-0.05, 0) is 36.6 Å². The molecular weight excluding hydrogens is 298 g/mol. The predicted octanol–water partition coefficient (Wildman–Crippen LogP) is 3.13. The molecule has 0 aliphatic carbocycles. The van der Waals surface area contributed by atoms with E-state index >= 15 is 0 Å². The van der Waals surface area contributed by atoms with E-state index in [1.165, 1.54) is 11.3 Å². The first kappa shape index (κ1) is 16.5. The normalized spacial score (nSPS) is 10.7. The van der Waals surface area contributed by atoms with E-state index in [1.54, 1.807) is 0 Å². The van der Waals surface area contributed by atoms with E-state index in [-0.39, 0.29) is 12.5 Å².